The number of nitrogens with zero attached hydrogens (tertiary/aromatic N) is 2. The van der Waals surface area contributed by atoms with Gasteiger partial charge in [-0.05, 0) is 18.1 Å². The van der Waals surface area contributed by atoms with E-state index in [2.05, 4.69) is 47.5 Å². The van der Waals surface area contributed by atoms with E-state index < -0.39 is 0 Å². The van der Waals surface area contributed by atoms with Crippen molar-refractivity contribution >= 4 is 10.9 Å². The number of fused-ring (bicyclic) bond motifs is 1. The minimum Gasteiger partial charge on any atom is -0.158 e. The molecular formula is C15H12N2. The number of aryl methyl sites for hydroxylation is 1. The van der Waals surface area contributed by atoms with E-state index >= 15 is 0 Å². The molecule has 0 N–H and O–H groups in total. The molecule has 2 aromatic carbocycles. The minimum absolute atomic E-state index is 0.980. The van der Waals surface area contributed by atoms with Gasteiger partial charge >= 0.3 is 0 Å². The molecule has 0 bridgehead atoms. The van der Waals surface area contributed by atoms with Gasteiger partial charge in [0.05, 0.1) is 11.7 Å². The molecule has 0 amide bonds. The van der Waals surface area contributed by atoms with E-state index in [0.717, 1.165) is 22.0 Å². The van der Waals surface area contributed by atoms with E-state index in [4.69, 9.17) is 0 Å². The Labute approximate surface area is 99.9 Å². The third-order valence-corrected chi connectivity index (χ3v) is 2.96. The van der Waals surface area contributed by atoms with Gasteiger partial charge in [-0.1, -0.05) is 48.5 Å². The predicted octanol–water partition coefficient (Wildman–Crippen LogP) is 3.61. The Bertz CT molecular complexity index is 660. The highest BCUT2D eigenvalue weighted by Gasteiger charge is 2.06. The van der Waals surface area contributed by atoms with Crippen LogP contribution >= 0.6 is 0 Å². The van der Waals surface area contributed by atoms with E-state index in [9.17, 15) is 0 Å². The standard InChI is InChI=1S/C15H12N2/c1-11-6-5-9-13-14(10-16-17-15(11)13)12-7-3-2-4-8-12/h2-10H,1H3. The predicted molar refractivity (Wildman–Crippen MR) is 69.7 cm³/mol. The van der Waals surface area contributed by atoms with Crippen molar-refractivity contribution < 1.29 is 0 Å². The van der Waals surface area contributed by atoms with Gasteiger partial charge in [-0.15, -0.1) is 0 Å². The second-order valence-corrected chi connectivity index (χ2v) is 4.10. The topological polar surface area (TPSA) is 25.8 Å². The number of hydrogen-bond donors (Lipinski definition) is 0. The maximum absolute atomic E-state index is 4.22. The Hall–Kier alpha value is -2.22. The molecule has 0 fully saturated rings. The van der Waals surface area contributed by atoms with E-state index in [-0.39, 0.29) is 0 Å². The lowest BCUT2D eigenvalue weighted by molar-refractivity contribution is 1.07. The molecule has 3 rings (SSSR count). The summed E-state index contributed by atoms with van der Waals surface area (Å²) in [6.45, 7) is 2.06. The lowest BCUT2D eigenvalue weighted by Crippen LogP contribution is -1.90. The van der Waals surface area contributed by atoms with Crippen LogP contribution in [0.1, 0.15) is 5.56 Å². The molecule has 2 nitrogen and oxygen atoms in total. The van der Waals surface area contributed by atoms with Crippen LogP contribution in [0.4, 0.5) is 0 Å². The number of aromatic nitrogens is 2. The first-order chi connectivity index (χ1) is 8.36. The fourth-order valence-electron chi connectivity index (χ4n) is 2.07. The summed E-state index contributed by atoms with van der Waals surface area (Å²) >= 11 is 0. The summed E-state index contributed by atoms with van der Waals surface area (Å²) in [4.78, 5) is 0. The van der Waals surface area contributed by atoms with E-state index in [0.29, 0.717) is 0 Å². The number of rotatable bonds is 1. The fraction of sp³-hybridized carbons (Fsp3) is 0.0667. The molecule has 0 aliphatic heterocycles. The SMILES string of the molecule is Cc1cccc2c(-c3ccccc3)cnnc12. The molecule has 3 aromatic rings. The summed E-state index contributed by atoms with van der Waals surface area (Å²) < 4.78 is 0. The average molecular weight is 220 g/mol. The zero-order chi connectivity index (χ0) is 11.7. The quantitative estimate of drug-likeness (QED) is 0.626. The molecule has 17 heavy (non-hydrogen) atoms. The number of hydrogen-bond acceptors (Lipinski definition) is 2. The lowest BCUT2D eigenvalue weighted by Gasteiger charge is -2.06. The van der Waals surface area contributed by atoms with Gasteiger partial charge in [0.25, 0.3) is 0 Å². The second-order valence-electron chi connectivity index (χ2n) is 4.10. The maximum Gasteiger partial charge on any atom is 0.0964 e. The molecule has 82 valence electrons. The second kappa shape index (κ2) is 3.98. The van der Waals surface area contributed by atoms with Gasteiger partial charge in [-0.25, -0.2) is 0 Å². The van der Waals surface area contributed by atoms with Crippen LogP contribution in [0.25, 0.3) is 22.0 Å². The molecule has 2 heteroatoms. The Kier molecular flexibility index (Phi) is 2.33. The Morgan fingerprint density at radius 1 is 0.882 bits per heavy atom. The molecule has 0 aliphatic carbocycles. The smallest absolute Gasteiger partial charge is 0.0964 e. The highest BCUT2D eigenvalue weighted by atomic mass is 15.1. The monoisotopic (exact) mass is 220 g/mol. The zero-order valence-corrected chi connectivity index (χ0v) is 9.59. The fourth-order valence-corrected chi connectivity index (χ4v) is 2.07. The van der Waals surface area contributed by atoms with Crippen LogP contribution in [0, 0.1) is 6.92 Å². The molecule has 0 aliphatic rings. The summed E-state index contributed by atoms with van der Waals surface area (Å²) in [7, 11) is 0. The van der Waals surface area contributed by atoms with Gasteiger partial charge < -0.3 is 0 Å². The highest BCUT2D eigenvalue weighted by Crippen LogP contribution is 2.27. The van der Waals surface area contributed by atoms with Crippen LogP contribution in [-0.2, 0) is 0 Å². The van der Waals surface area contributed by atoms with E-state index in [1.807, 2.05) is 24.4 Å². The molecule has 0 radical (unpaired) electrons. The van der Waals surface area contributed by atoms with Gasteiger partial charge in [0.1, 0.15) is 0 Å². The Morgan fingerprint density at radius 2 is 1.71 bits per heavy atom. The van der Waals surface area contributed by atoms with Crippen LogP contribution in [0.15, 0.2) is 54.7 Å². The molecule has 0 saturated heterocycles. The lowest BCUT2D eigenvalue weighted by atomic mass is 10.0. The van der Waals surface area contributed by atoms with Gasteiger partial charge in [-0.3, -0.25) is 0 Å². The molecule has 1 aromatic heterocycles. The van der Waals surface area contributed by atoms with E-state index in [1.54, 1.807) is 0 Å². The van der Waals surface area contributed by atoms with Crippen LogP contribution in [-0.4, -0.2) is 10.2 Å². The number of benzene rings is 2. The van der Waals surface area contributed by atoms with Crippen molar-refractivity contribution in [2.45, 2.75) is 6.92 Å². The third kappa shape index (κ3) is 1.68. The van der Waals surface area contributed by atoms with Crippen molar-refractivity contribution in [3.8, 4) is 11.1 Å². The molecule has 0 saturated carbocycles. The van der Waals surface area contributed by atoms with Crippen LogP contribution in [0.5, 0.6) is 0 Å². The Morgan fingerprint density at radius 3 is 2.53 bits per heavy atom. The summed E-state index contributed by atoms with van der Waals surface area (Å²) in [6.07, 6.45) is 1.83. The molecule has 0 unspecified atom stereocenters. The molecule has 0 spiro atoms. The average Bonchev–Trinajstić information content (AvgIpc) is 2.40. The minimum atomic E-state index is 0.980. The van der Waals surface area contributed by atoms with Crippen LogP contribution in [0.2, 0.25) is 0 Å². The van der Waals surface area contributed by atoms with Crippen molar-refractivity contribution in [1.29, 1.82) is 0 Å². The first-order valence-electron chi connectivity index (χ1n) is 5.63. The van der Waals surface area contributed by atoms with Crippen molar-refractivity contribution in [2.24, 2.45) is 0 Å². The largest absolute Gasteiger partial charge is 0.158 e. The summed E-state index contributed by atoms with van der Waals surface area (Å²) in [5.41, 5.74) is 4.46. The van der Waals surface area contributed by atoms with E-state index in [1.165, 1.54) is 5.56 Å². The van der Waals surface area contributed by atoms with Gasteiger partial charge in [-0.2, -0.15) is 10.2 Å². The zero-order valence-electron chi connectivity index (χ0n) is 9.59. The van der Waals surface area contributed by atoms with Crippen molar-refractivity contribution in [1.82, 2.24) is 10.2 Å². The van der Waals surface area contributed by atoms with Crippen molar-refractivity contribution in [3.05, 3.63) is 60.3 Å². The normalized spacial score (nSPS) is 10.6. The van der Waals surface area contributed by atoms with Crippen molar-refractivity contribution in [3.63, 3.8) is 0 Å². The summed E-state index contributed by atoms with van der Waals surface area (Å²) in [5, 5.41) is 9.48. The van der Waals surface area contributed by atoms with Crippen LogP contribution in [0.3, 0.4) is 0 Å². The van der Waals surface area contributed by atoms with Gasteiger partial charge in [0, 0.05) is 10.9 Å². The van der Waals surface area contributed by atoms with Crippen LogP contribution < -0.4 is 0 Å². The third-order valence-electron chi connectivity index (χ3n) is 2.96. The van der Waals surface area contributed by atoms with Gasteiger partial charge in [0.15, 0.2) is 0 Å². The molecular weight excluding hydrogens is 208 g/mol. The summed E-state index contributed by atoms with van der Waals surface area (Å²) in [6, 6.07) is 16.5. The molecule has 0 atom stereocenters. The first-order valence-corrected chi connectivity index (χ1v) is 5.63. The Balaban J connectivity index is 2.35. The first kappa shape index (κ1) is 9.97. The molecule has 1 heterocycles. The van der Waals surface area contributed by atoms with Gasteiger partial charge in [0.2, 0.25) is 0 Å². The highest BCUT2D eigenvalue weighted by molar-refractivity contribution is 5.95. The maximum atomic E-state index is 4.22. The van der Waals surface area contributed by atoms with Crippen molar-refractivity contribution in [2.75, 3.05) is 0 Å². The summed E-state index contributed by atoms with van der Waals surface area (Å²) in [5.74, 6) is 0.